The topological polar surface area (TPSA) is 151 Å². The fraction of sp³-hybridized carbons (Fsp3) is 0.462. The number of nitrogens with zero attached hydrogens (tertiary/aromatic N) is 1. The lowest BCUT2D eigenvalue weighted by Crippen LogP contribution is -2.51. The summed E-state index contributed by atoms with van der Waals surface area (Å²) >= 11 is 0. The van der Waals surface area contributed by atoms with Gasteiger partial charge in [-0.3, -0.25) is 14.8 Å². The maximum absolute atomic E-state index is 12.6. The molecule has 0 aliphatic heterocycles. The monoisotopic (exact) mass is 339 g/mol. The molecule has 0 atom stereocenters. The molecule has 0 bridgehead atoms. The van der Waals surface area contributed by atoms with Gasteiger partial charge in [0.2, 0.25) is 10.0 Å². The molecule has 1 fully saturated rings. The Morgan fingerprint density at radius 2 is 1.96 bits per heavy atom. The second-order valence-corrected chi connectivity index (χ2v) is 7.45. The van der Waals surface area contributed by atoms with E-state index in [4.69, 9.17) is 5.73 Å². The first-order valence-corrected chi connectivity index (χ1v) is 8.70. The van der Waals surface area contributed by atoms with Crippen molar-refractivity contribution in [3.8, 4) is 0 Å². The molecule has 0 unspecified atom stereocenters. The maximum Gasteiger partial charge on any atom is 0.327 e. The second kappa shape index (κ2) is 5.55. The lowest BCUT2D eigenvalue weighted by Gasteiger charge is -2.28. The largest absolute Gasteiger partial charge is 0.329 e. The summed E-state index contributed by atoms with van der Waals surface area (Å²) in [5.74, 6) is 0. The standard InChI is InChI=1S/C13H17N5O4S/c14-7-13(3-1-2-4-13)18-23(21,22)8-5-9-10(15-6-8)16-12(20)17-11(9)19/h5-6,18H,1-4,7,14H2,(H2,15,16,17,19,20). The zero-order chi connectivity index (χ0) is 16.7. The number of rotatable bonds is 4. The van der Waals surface area contributed by atoms with Gasteiger partial charge in [-0.2, -0.15) is 0 Å². The number of nitrogens with one attached hydrogen (secondary N) is 3. The van der Waals surface area contributed by atoms with Crippen molar-refractivity contribution in [1.29, 1.82) is 0 Å². The van der Waals surface area contributed by atoms with Crippen molar-refractivity contribution >= 4 is 21.1 Å². The maximum atomic E-state index is 12.6. The minimum Gasteiger partial charge on any atom is -0.329 e. The first-order chi connectivity index (χ1) is 10.9. The average Bonchev–Trinajstić information content (AvgIpc) is 2.95. The van der Waals surface area contributed by atoms with Crippen LogP contribution in [0.3, 0.4) is 0 Å². The average molecular weight is 339 g/mol. The molecule has 2 aromatic heterocycles. The van der Waals surface area contributed by atoms with Gasteiger partial charge in [0.15, 0.2) is 0 Å². The molecule has 1 aliphatic rings. The Morgan fingerprint density at radius 3 is 2.61 bits per heavy atom. The highest BCUT2D eigenvalue weighted by Gasteiger charge is 2.37. The first kappa shape index (κ1) is 15.8. The summed E-state index contributed by atoms with van der Waals surface area (Å²) in [5, 5.41) is 0.000644. The van der Waals surface area contributed by atoms with Gasteiger partial charge < -0.3 is 5.73 Å². The third-order valence-corrected chi connectivity index (χ3v) is 5.72. The molecule has 3 rings (SSSR count). The van der Waals surface area contributed by atoms with Crippen molar-refractivity contribution in [3.63, 3.8) is 0 Å². The highest BCUT2D eigenvalue weighted by molar-refractivity contribution is 7.89. The molecule has 0 aromatic carbocycles. The van der Waals surface area contributed by atoms with Crippen LogP contribution in [-0.2, 0) is 10.0 Å². The Balaban J connectivity index is 2.05. The number of aromatic amines is 2. The molecule has 10 heteroatoms. The molecule has 0 saturated heterocycles. The zero-order valence-corrected chi connectivity index (χ0v) is 13.1. The Morgan fingerprint density at radius 1 is 1.26 bits per heavy atom. The molecule has 0 amide bonds. The van der Waals surface area contributed by atoms with Crippen LogP contribution in [0.15, 0.2) is 26.7 Å². The van der Waals surface area contributed by atoms with Gasteiger partial charge in [-0.1, -0.05) is 12.8 Å². The van der Waals surface area contributed by atoms with Crippen LogP contribution in [0.2, 0.25) is 0 Å². The summed E-state index contributed by atoms with van der Waals surface area (Å²) in [6.07, 6.45) is 4.29. The first-order valence-electron chi connectivity index (χ1n) is 7.22. The van der Waals surface area contributed by atoms with E-state index in [1.807, 2.05) is 4.98 Å². The number of nitrogens with two attached hydrogens (primary N) is 1. The summed E-state index contributed by atoms with van der Waals surface area (Å²) < 4.78 is 27.8. The smallest absolute Gasteiger partial charge is 0.327 e. The molecule has 23 heavy (non-hydrogen) atoms. The van der Waals surface area contributed by atoms with Gasteiger partial charge in [0.25, 0.3) is 5.56 Å². The van der Waals surface area contributed by atoms with Crippen LogP contribution in [0.5, 0.6) is 0 Å². The van der Waals surface area contributed by atoms with Crippen LogP contribution in [0.4, 0.5) is 0 Å². The van der Waals surface area contributed by atoms with E-state index >= 15 is 0 Å². The number of H-pyrrole nitrogens is 2. The van der Waals surface area contributed by atoms with Crippen LogP contribution in [0.1, 0.15) is 25.7 Å². The Bertz CT molecular complexity index is 956. The lowest BCUT2D eigenvalue weighted by atomic mass is 10.0. The van der Waals surface area contributed by atoms with E-state index in [2.05, 4.69) is 14.7 Å². The molecule has 2 heterocycles. The minimum atomic E-state index is -3.87. The van der Waals surface area contributed by atoms with Crippen molar-refractivity contribution < 1.29 is 8.42 Å². The van der Waals surface area contributed by atoms with Crippen molar-refractivity contribution in [2.75, 3.05) is 6.54 Å². The van der Waals surface area contributed by atoms with E-state index in [-0.39, 0.29) is 22.5 Å². The Labute approximate surface area is 131 Å². The molecule has 2 aromatic rings. The number of hydrogen-bond acceptors (Lipinski definition) is 6. The molecule has 1 saturated carbocycles. The van der Waals surface area contributed by atoms with E-state index in [9.17, 15) is 18.0 Å². The summed E-state index contributed by atoms with van der Waals surface area (Å²) in [4.78, 5) is 31.1. The summed E-state index contributed by atoms with van der Waals surface area (Å²) in [6.45, 7) is 0.209. The number of fused-ring (bicyclic) bond motifs is 1. The molecule has 124 valence electrons. The fourth-order valence-corrected chi connectivity index (χ4v) is 4.36. The van der Waals surface area contributed by atoms with Gasteiger partial charge in [-0.05, 0) is 18.9 Å². The van der Waals surface area contributed by atoms with Gasteiger partial charge >= 0.3 is 5.69 Å². The number of hydrogen-bond donors (Lipinski definition) is 4. The molecular formula is C13H17N5O4S. The predicted molar refractivity (Wildman–Crippen MR) is 83.6 cm³/mol. The van der Waals surface area contributed by atoms with Crippen molar-refractivity contribution in [2.45, 2.75) is 36.1 Å². The van der Waals surface area contributed by atoms with E-state index in [1.165, 1.54) is 6.07 Å². The van der Waals surface area contributed by atoms with Crippen molar-refractivity contribution in [2.24, 2.45) is 5.73 Å². The summed E-state index contributed by atoms with van der Waals surface area (Å²) in [7, 11) is -3.87. The number of sulfonamides is 1. The molecule has 9 nitrogen and oxygen atoms in total. The summed E-state index contributed by atoms with van der Waals surface area (Å²) in [6, 6.07) is 1.19. The minimum absolute atomic E-state index is 0.000644. The molecule has 0 spiro atoms. The quantitative estimate of drug-likeness (QED) is 0.570. The zero-order valence-electron chi connectivity index (χ0n) is 12.3. The SMILES string of the molecule is NCC1(NS(=O)(=O)c2cnc3[nH]c(=O)[nH]c(=O)c3c2)CCCC1. The van der Waals surface area contributed by atoms with E-state index in [0.717, 1.165) is 19.0 Å². The van der Waals surface area contributed by atoms with Gasteiger partial charge in [0.1, 0.15) is 10.5 Å². The fourth-order valence-electron chi connectivity index (χ4n) is 2.92. The van der Waals surface area contributed by atoms with Crippen LogP contribution in [0.25, 0.3) is 11.0 Å². The van der Waals surface area contributed by atoms with E-state index < -0.39 is 26.8 Å². The third-order valence-electron chi connectivity index (χ3n) is 4.18. The van der Waals surface area contributed by atoms with Crippen molar-refractivity contribution in [3.05, 3.63) is 33.1 Å². The normalized spacial score (nSPS) is 17.6. The predicted octanol–water partition coefficient (Wildman–Crippen LogP) is -0.839. The molecule has 5 N–H and O–H groups in total. The number of pyridine rings is 1. The third kappa shape index (κ3) is 2.92. The lowest BCUT2D eigenvalue weighted by molar-refractivity contribution is 0.399. The van der Waals surface area contributed by atoms with E-state index in [0.29, 0.717) is 12.8 Å². The van der Waals surface area contributed by atoms with Gasteiger partial charge in [0, 0.05) is 18.3 Å². The van der Waals surface area contributed by atoms with Gasteiger partial charge in [0.05, 0.1) is 5.39 Å². The molecule has 0 radical (unpaired) electrons. The van der Waals surface area contributed by atoms with Crippen LogP contribution in [-0.4, -0.2) is 35.5 Å². The van der Waals surface area contributed by atoms with Crippen LogP contribution < -0.4 is 21.7 Å². The summed E-state index contributed by atoms with van der Waals surface area (Å²) in [5.41, 5.74) is 3.75. The second-order valence-electron chi connectivity index (χ2n) is 5.77. The molecule has 1 aliphatic carbocycles. The van der Waals surface area contributed by atoms with Gasteiger partial charge in [-0.25, -0.2) is 22.9 Å². The Hall–Kier alpha value is -2.04. The Kier molecular flexibility index (Phi) is 3.82. The highest BCUT2D eigenvalue weighted by Crippen LogP contribution is 2.30. The van der Waals surface area contributed by atoms with Crippen molar-refractivity contribution in [1.82, 2.24) is 19.7 Å². The highest BCUT2D eigenvalue weighted by atomic mass is 32.2. The van der Waals surface area contributed by atoms with Crippen LogP contribution in [0, 0.1) is 0 Å². The van der Waals surface area contributed by atoms with Gasteiger partial charge in [-0.15, -0.1) is 0 Å². The van der Waals surface area contributed by atoms with Crippen LogP contribution >= 0.6 is 0 Å². The van der Waals surface area contributed by atoms with E-state index in [1.54, 1.807) is 0 Å². The number of aromatic nitrogens is 3. The molecular weight excluding hydrogens is 322 g/mol.